The van der Waals surface area contributed by atoms with Crippen molar-refractivity contribution in [3.8, 4) is 23.0 Å². The molecule has 9 nitrogen and oxygen atoms in total. The van der Waals surface area contributed by atoms with Crippen molar-refractivity contribution in [2.75, 3.05) is 44.8 Å². The molecule has 0 radical (unpaired) electrons. The van der Waals surface area contributed by atoms with Gasteiger partial charge in [-0.1, -0.05) is 31.2 Å². The Kier molecular flexibility index (Phi) is 8.58. The van der Waals surface area contributed by atoms with Crippen LogP contribution in [0.25, 0.3) is 22.2 Å². The Morgan fingerprint density at radius 1 is 1.07 bits per heavy atom. The lowest BCUT2D eigenvalue weighted by Gasteiger charge is -2.35. The fourth-order valence-corrected chi connectivity index (χ4v) is 5.95. The average molecular weight is 586 g/mol. The first-order valence-electron chi connectivity index (χ1n) is 14.1. The van der Waals surface area contributed by atoms with Crippen LogP contribution in [0, 0.1) is 0 Å². The van der Waals surface area contributed by atoms with Crippen LogP contribution in [-0.4, -0.2) is 79.4 Å². The number of carbonyl (C=O) groups is 1. The van der Waals surface area contributed by atoms with Gasteiger partial charge in [0.15, 0.2) is 0 Å². The third kappa shape index (κ3) is 6.39. The van der Waals surface area contributed by atoms with E-state index in [0.717, 1.165) is 60.0 Å². The normalized spacial score (nSPS) is 16.4. The highest BCUT2D eigenvalue weighted by Gasteiger charge is 2.25. The fraction of sp³-hybridized carbons (Fsp3) is 0.552. The van der Waals surface area contributed by atoms with Crippen LogP contribution in [0.4, 0.5) is 5.82 Å². The van der Waals surface area contributed by atoms with E-state index in [0.29, 0.717) is 43.3 Å². The van der Waals surface area contributed by atoms with E-state index in [1.807, 2.05) is 33.7 Å². The summed E-state index contributed by atoms with van der Waals surface area (Å²) < 4.78 is 20.1. The van der Waals surface area contributed by atoms with E-state index in [1.165, 1.54) is 6.42 Å². The molecule has 0 spiro atoms. The van der Waals surface area contributed by atoms with Crippen molar-refractivity contribution in [2.45, 2.75) is 64.7 Å². The number of imidazole rings is 1. The molecule has 216 valence electrons. The Hall–Kier alpha value is -2.82. The van der Waals surface area contributed by atoms with Gasteiger partial charge in [0.25, 0.3) is 6.01 Å². The summed E-state index contributed by atoms with van der Waals surface area (Å²) in [5.41, 5.74) is 3.26. The van der Waals surface area contributed by atoms with Gasteiger partial charge >= 0.3 is 0 Å². The molecule has 0 N–H and O–H groups in total. The van der Waals surface area contributed by atoms with Crippen LogP contribution >= 0.6 is 11.6 Å². The summed E-state index contributed by atoms with van der Waals surface area (Å²) in [6.45, 7) is 12.5. The Balaban J connectivity index is 1.42. The van der Waals surface area contributed by atoms with Crippen molar-refractivity contribution >= 4 is 42.4 Å². The number of nitrogens with zero attached hydrogens (tertiary/aromatic N) is 5. The summed E-state index contributed by atoms with van der Waals surface area (Å²) in [5, 5.41) is 0.578. The van der Waals surface area contributed by atoms with Crippen LogP contribution in [0.5, 0.6) is 11.9 Å². The van der Waals surface area contributed by atoms with E-state index in [4.69, 9.17) is 35.8 Å². The first-order chi connectivity index (χ1) is 19.1. The highest BCUT2D eigenvalue weighted by atomic mass is 35.5. The molecule has 3 aromatic rings. The van der Waals surface area contributed by atoms with Gasteiger partial charge in [0.05, 0.1) is 23.2 Å². The molecule has 5 rings (SSSR count). The van der Waals surface area contributed by atoms with Gasteiger partial charge in [0.2, 0.25) is 11.8 Å². The zero-order valence-electron chi connectivity index (χ0n) is 24.2. The average Bonchev–Trinajstić information content (AvgIpc) is 3.23. The van der Waals surface area contributed by atoms with Crippen LogP contribution in [0.2, 0.25) is 30.7 Å². The van der Waals surface area contributed by atoms with Gasteiger partial charge in [-0.05, 0) is 49.6 Å². The molecule has 2 fully saturated rings. The second kappa shape index (κ2) is 12.0. The number of hydrogen-bond acceptors (Lipinski definition) is 7. The van der Waals surface area contributed by atoms with Crippen LogP contribution in [-0.2, 0) is 16.3 Å². The first kappa shape index (κ1) is 28.7. The molecule has 0 bridgehead atoms. The van der Waals surface area contributed by atoms with Gasteiger partial charge in [-0.25, -0.2) is 0 Å². The summed E-state index contributed by atoms with van der Waals surface area (Å²) in [6, 6.07) is 9.56. The Morgan fingerprint density at radius 2 is 1.82 bits per heavy atom. The zero-order chi connectivity index (χ0) is 28.4. The maximum atomic E-state index is 11.7. The van der Waals surface area contributed by atoms with Crippen molar-refractivity contribution in [2.24, 2.45) is 0 Å². The number of carbonyl (C=O) groups excluding carboxylic acids is 1. The first-order valence-corrected chi connectivity index (χ1v) is 18.2. The maximum Gasteiger partial charge on any atom is 0.299 e. The second-order valence-electron chi connectivity index (χ2n) is 11.9. The molecule has 2 aromatic heterocycles. The number of halogens is 1. The molecule has 1 aromatic carbocycles. The Labute approximate surface area is 242 Å². The standard InChI is InChI=1S/C29H40ClN5O4Si/c1-20(36)33-11-13-34(14-12-33)27-10-9-22(28(32-27)37-2)23-17-25-26(18-24(23)30)35(19-38-15-16-40(3,4)5)29(31-25)39-21-7-6-8-21/h9-10,17-18,21H,6-8,11-16,19H2,1-5H3. The van der Waals surface area contributed by atoms with Gasteiger partial charge in [-0.15, -0.1) is 0 Å². The quantitative estimate of drug-likeness (QED) is 0.224. The van der Waals surface area contributed by atoms with Crippen LogP contribution < -0.4 is 14.4 Å². The molecule has 2 aliphatic rings. The van der Waals surface area contributed by atoms with Gasteiger partial charge < -0.3 is 24.0 Å². The van der Waals surface area contributed by atoms with Crippen LogP contribution in [0.3, 0.4) is 0 Å². The third-order valence-corrected chi connectivity index (χ3v) is 9.74. The monoisotopic (exact) mass is 585 g/mol. The lowest BCUT2D eigenvalue weighted by molar-refractivity contribution is -0.129. The Bertz CT molecular complexity index is 1360. The van der Waals surface area contributed by atoms with Gasteiger partial charge in [0, 0.05) is 58.9 Å². The predicted molar refractivity (Wildman–Crippen MR) is 161 cm³/mol. The summed E-state index contributed by atoms with van der Waals surface area (Å²) >= 11 is 6.90. The van der Waals surface area contributed by atoms with Crippen molar-refractivity contribution in [3.05, 3.63) is 29.3 Å². The molecule has 1 aliphatic carbocycles. The molecule has 1 saturated carbocycles. The number of benzene rings is 1. The van der Waals surface area contributed by atoms with Crippen LogP contribution in [0.15, 0.2) is 24.3 Å². The highest BCUT2D eigenvalue weighted by molar-refractivity contribution is 6.76. The molecular weight excluding hydrogens is 546 g/mol. The summed E-state index contributed by atoms with van der Waals surface area (Å²) in [4.78, 5) is 25.4. The van der Waals surface area contributed by atoms with E-state index in [2.05, 4.69) is 24.5 Å². The number of amides is 1. The molecule has 40 heavy (non-hydrogen) atoms. The number of methoxy groups -OCH3 is 1. The molecular formula is C29H40ClN5O4Si. The van der Waals surface area contributed by atoms with Crippen molar-refractivity contribution in [3.63, 3.8) is 0 Å². The number of hydrogen-bond donors (Lipinski definition) is 0. The van der Waals surface area contributed by atoms with Crippen molar-refractivity contribution < 1.29 is 19.0 Å². The molecule has 11 heteroatoms. The van der Waals surface area contributed by atoms with Gasteiger partial charge in [0.1, 0.15) is 18.7 Å². The fourth-order valence-electron chi connectivity index (χ4n) is 4.93. The number of piperazine rings is 1. The zero-order valence-corrected chi connectivity index (χ0v) is 26.0. The second-order valence-corrected chi connectivity index (χ2v) is 17.9. The van der Waals surface area contributed by atoms with Gasteiger partial charge in [-0.3, -0.25) is 9.36 Å². The summed E-state index contributed by atoms with van der Waals surface area (Å²) in [7, 11) is 0.424. The van der Waals surface area contributed by atoms with E-state index in [1.54, 1.807) is 14.0 Å². The number of ether oxygens (including phenoxy) is 3. The smallest absolute Gasteiger partial charge is 0.299 e. The molecule has 1 aliphatic heterocycles. The maximum absolute atomic E-state index is 11.7. The largest absolute Gasteiger partial charge is 0.480 e. The van der Waals surface area contributed by atoms with Crippen molar-refractivity contribution in [1.29, 1.82) is 0 Å². The SMILES string of the molecule is COc1nc(N2CCN(C(C)=O)CC2)ccc1-c1cc2nc(OC3CCC3)n(COCC[Si](C)(C)C)c2cc1Cl. The lowest BCUT2D eigenvalue weighted by Crippen LogP contribution is -2.48. The van der Waals surface area contributed by atoms with E-state index in [9.17, 15) is 4.79 Å². The number of rotatable bonds is 10. The highest BCUT2D eigenvalue weighted by Crippen LogP contribution is 2.39. The van der Waals surface area contributed by atoms with E-state index < -0.39 is 8.07 Å². The van der Waals surface area contributed by atoms with Crippen LogP contribution in [0.1, 0.15) is 26.2 Å². The van der Waals surface area contributed by atoms with E-state index in [-0.39, 0.29) is 12.0 Å². The Morgan fingerprint density at radius 3 is 2.45 bits per heavy atom. The number of pyridine rings is 1. The minimum atomic E-state index is -1.19. The van der Waals surface area contributed by atoms with Crippen molar-refractivity contribution in [1.82, 2.24) is 19.4 Å². The number of aromatic nitrogens is 3. The summed E-state index contributed by atoms with van der Waals surface area (Å²) in [6.07, 6.45) is 3.47. The molecule has 0 atom stereocenters. The molecule has 1 amide bonds. The number of anilines is 1. The molecule has 0 unspecified atom stereocenters. The third-order valence-electron chi connectivity index (χ3n) is 7.72. The molecule has 3 heterocycles. The lowest BCUT2D eigenvalue weighted by atomic mass is 9.96. The predicted octanol–water partition coefficient (Wildman–Crippen LogP) is 5.67. The molecule has 1 saturated heterocycles. The number of fused-ring (bicyclic) bond motifs is 1. The topological polar surface area (TPSA) is 82.0 Å². The van der Waals surface area contributed by atoms with Gasteiger partial charge in [-0.2, -0.15) is 9.97 Å². The summed E-state index contributed by atoms with van der Waals surface area (Å²) in [5.74, 6) is 1.41. The minimum Gasteiger partial charge on any atom is -0.480 e. The minimum absolute atomic E-state index is 0.104. The van der Waals surface area contributed by atoms with E-state index >= 15 is 0 Å².